The smallest absolute Gasteiger partial charge is 0.0166 e. The minimum absolute atomic E-state index is 0.110. The maximum atomic E-state index is 2.40. The van der Waals surface area contributed by atoms with Crippen molar-refractivity contribution < 1.29 is 0 Å². The summed E-state index contributed by atoms with van der Waals surface area (Å²) in [6, 6.07) is 11.4. The van der Waals surface area contributed by atoms with Gasteiger partial charge in [0.15, 0.2) is 0 Å². The molecule has 1 aliphatic heterocycles. The third kappa shape index (κ3) is 4.06. The van der Waals surface area contributed by atoms with E-state index in [0.29, 0.717) is 0 Å². The zero-order valence-corrected chi connectivity index (χ0v) is 13.5. The summed E-state index contributed by atoms with van der Waals surface area (Å²) < 4.78 is 0. The molecule has 0 nitrogen and oxygen atoms in total. The largest absolute Gasteiger partial charge is 0.0690 e. The molecule has 1 aromatic carbocycles. The second-order valence-corrected chi connectivity index (χ2v) is 8.70. The highest BCUT2D eigenvalue weighted by molar-refractivity contribution is 7.67. The maximum absolute atomic E-state index is 2.40. The average molecular weight is 276 g/mol. The van der Waals surface area contributed by atoms with E-state index in [1.807, 2.05) is 0 Å². The van der Waals surface area contributed by atoms with Crippen molar-refractivity contribution in [3.05, 3.63) is 30.3 Å². The molecule has 0 N–H and O–H groups in total. The zero-order valence-electron chi connectivity index (χ0n) is 12.6. The van der Waals surface area contributed by atoms with Crippen LogP contribution in [0.4, 0.5) is 0 Å². The lowest BCUT2D eigenvalue weighted by molar-refractivity contribution is 0.618. The first-order valence-electron chi connectivity index (χ1n) is 8.20. The summed E-state index contributed by atoms with van der Waals surface area (Å²) in [7, 11) is 0.110. The molecular weight excluding hydrogens is 247 g/mol. The molecule has 0 aliphatic carbocycles. The normalized spacial score (nSPS) is 26.7. The fourth-order valence-corrected chi connectivity index (χ4v) is 7.16. The molecule has 0 aromatic heterocycles. The first-order chi connectivity index (χ1) is 9.36. The Bertz CT molecular complexity index is 330. The summed E-state index contributed by atoms with van der Waals surface area (Å²) in [5, 5.41) is 1.68. The molecule has 1 aliphatic rings. The molecule has 19 heavy (non-hydrogen) atoms. The Morgan fingerprint density at radius 1 is 0.895 bits per heavy atom. The van der Waals surface area contributed by atoms with Crippen molar-refractivity contribution in [2.75, 3.05) is 0 Å². The molecular formula is C18H29P. The maximum Gasteiger partial charge on any atom is -0.0166 e. The Labute approximate surface area is 120 Å². The molecule has 1 saturated heterocycles. The van der Waals surface area contributed by atoms with Gasteiger partial charge in [-0.3, -0.25) is 0 Å². The van der Waals surface area contributed by atoms with Crippen molar-refractivity contribution in [3.63, 3.8) is 0 Å². The topological polar surface area (TPSA) is 0 Å². The van der Waals surface area contributed by atoms with Gasteiger partial charge in [-0.1, -0.05) is 77.8 Å². The van der Waals surface area contributed by atoms with E-state index in [1.54, 1.807) is 5.30 Å². The molecule has 2 atom stereocenters. The van der Waals surface area contributed by atoms with Crippen molar-refractivity contribution >= 4 is 13.2 Å². The van der Waals surface area contributed by atoms with Gasteiger partial charge >= 0.3 is 0 Å². The van der Waals surface area contributed by atoms with E-state index >= 15 is 0 Å². The van der Waals surface area contributed by atoms with Gasteiger partial charge in [0.2, 0.25) is 0 Å². The quantitative estimate of drug-likeness (QED) is 0.560. The molecule has 1 heteroatoms. The van der Waals surface area contributed by atoms with Crippen LogP contribution in [-0.4, -0.2) is 11.3 Å². The number of hydrogen-bond donors (Lipinski definition) is 0. The van der Waals surface area contributed by atoms with Crippen LogP contribution in [0.2, 0.25) is 0 Å². The van der Waals surface area contributed by atoms with E-state index in [9.17, 15) is 0 Å². The second-order valence-electron chi connectivity index (χ2n) is 5.91. The van der Waals surface area contributed by atoms with Crippen molar-refractivity contribution in [1.82, 2.24) is 0 Å². The van der Waals surface area contributed by atoms with Gasteiger partial charge in [-0.2, -0.15) is 0 Å². The standard InChI is InChI=1S/C18H29P/c1-3-5-10-17-14-15-18(11-6-4-2)19(17)16-12-8-7-9-13-16/h7-9,12-13,17-18H,3-6,10-11,14-15H2,1-2H3. The lowest BCUT2D eigenvalue weighted by atomic mass is 10.1. The Morgan fingerprint density at radius 2 is 1.42 bits per heavy atom. The van der Waals surface area contributed by atoms with Crippen LogP contribution in [0.3, 0.4) is 0 Å². The molecule has 1 fully saturated rings. The predicted octanol–water partition coefficient (Wildman–Crippen LogP) is 5.71. The van der Waals surface area contributed by atoms with E-state index in [4.69, 9.17) is 0 Å². The van der Waals surface area contributed by atoms with Crippen LogP contribution in [0.1, 0.15) is 65.2 Å². The molecule has 106 valence electrons. The van der Waals surface area contributed by atoms with Crippen LogP contribution in [0, 0.1) is 0 Å². The average Bonchev–Trinajstić information content (AvgIpc) is 2.86. The molecule has 0 spiro atoms. The van der Waals surface area contributed by atoms with Crippen molar-refractivity contribution in [1.29, 1.82) is 0 Å². The third-order valence-corrected chi connectivity index (χ3v) is 7.96. The van der Waals surface area contributed by atoms with Crippen molar-refractivity contribution in [3.8, 4) is 0 Å². The molecule has 2 rings (SSSR count). The highest BCUT2D eigenvalue weighted by Gasteiger charge is 2.35. The second kappa shape index (κ2) is 8.05. The molecule has 0 bridgehead atoms. The van der Waals surface area contributed by atoms with Crippen LogP contribution in [0.5, 0.6) is 0 Å². The summed E-state index contributed by atoms with van der Waals surface area (Å²) in [5.41, 5.74) is 2.03. The fourth-order valence-electron chi connectivity index (χ4n) is 3.43. The number of rotatable bonds is 7. The number of benzene rings is 1. The van der Waals surface area contributed by atoms with E-state index in [2.05, 4.69) is 44.2 Å². The highest BCUT2D eigenvalue weighted by atomic mass is 31.1. The van der Waals surface area contributed by atoms with Gasteiger partial charge in [0, 0.05) is 0 Å². The van der Waals surface area contributed by atoms with Gasteiger partial charge in [0.1, 0.15) is 0 Å². The molecule has 0 radical (unpaired) electrons. The summed E-state index contributed by atoms with van der Waals surface area (Å²) >= 11 is 0. The Kier molecular flexibility index (Phi) is 6.38. The first kappa shape index (κ1) is 15.0. The van der Waals surface area contributed by atoms with Crippen LogP contribution >= 0.6 is 7.92 Å². The SMILES string of the molecule is CCCCC1CCC(CCCC)P1c1ccccc1. The molecule has 0 saturated carbocycles. The third-order valence-electron chi connectivity index (χ3n) is 4.46. The van der Waals surface area contributed by atoms with Crippen LogP contribution in [-0.2, 0) is 0 Å². The number of hydrogen-bond acceptors (Lipinski definition) is 0. The summed E-state index contributed by atoms with van der Waals surface area (Å²) in [4.78, 5) is 0. The van der Waals surface area contributed by atoms with Crippen molar-refractivity contribution in [2.45, 2.75) is 76.5 Å². The van der Waals surface area contributed by atoms with Crippen LogP contribution in [0.25, 0.3) is 0 Å². The Hall–Kier alpha value is -0.350. The highest BCUT2D eigenvalue weighted by Crippen LogP contribution is 2.57. The lowest BCUT2D eigenvalue weighted by Gasteiger charge is -2.26. The molecule has 0 amide bonds. The van der Waals surface area contributed by atoms with Gasteiger partial charge < -0.3 is 0 Å². The van der Waals surface area contributed by atoms with Gasteiger partial charge in [-0.15, -0.1) is 0 Å². The summed E-state index contributed by atoms with van der Waals surface area (Å²) in [6.45, 7) is 4.66. The van der Waals surface area contributed by atoms with Gasteiger partial charge in [0.05, 0.1) is 0 Å². The minimum Gasteiger partial charge on any atom is -0.0690 e. The zero-order chi connectivity index (χ0) is 13.5. The van der Waals surface area contributed by atoms with Crippen LogP contribution in [0.15, 0.2) is 30.3 Å². The van der Waals surface area contributed by atoms with E-state index in [-0.39, 0.29) is 7.92 Å². The fraction of sp³-hybridized carbons (Fsp3) is 0.667. The van der Waals surface area contributed by atoms with Gasteiger partial charge in [-0.05, 0) is 42.3 Å². The molecule has 1 aromatic rings. The first-order valence-corrected chi connectivity index (χ1v) is 9.68. The number of unbranched alkanes of at least 4 members (excludes halogenated alkanes) is 2. The lowest BCUT2D eigenvalue weighted by Crippen LogP contribution is -2.14. The Morgan fingerprint density at radius 3 is 1.89 bits per heavy atom. The van der Waals surface area contributed by atoms with Crippen LogP contribution < -0.4 is 5.30 Å². The monoisotopic (exact) mass is 276 g/mol. The Balaban J connectivity index is 2.09. The van der Waals surface area contributed by atoms with E-state index in [0.717, 1.165) is 11.3 Å². The van der Waals surface area contributed by atoms with E-state index < -0.39 is 0 Å². The predicted molar refractivity (Wildman–Crippen MR) is 88.9 cm³/mol. The van der Waals surface area contributed by atoms with Gasteiger partial charge in [0.25, 0.3) is 0 Å². The van der Waals surface area contributed by atoms with E-state index in [1.165, 1.54) is 51.4 Å². The molecule has 1 heterocycles. The minimum atomic E-state index is 0.110. The summed E-state index contributed by atoms with van der Waals surface area (Å²) in [6.07, 6.45) is 11.5. The summed E-state index contributed by atoms with van der Waals surface area (Å²) in [5.74, 6) is 0. The van der Waals surface area contributed by atoms with Crippen molar-refractivity contribution in [2.24, 2.45) is 0 Å². The van der Waals surface area contributed by atoms with Gasteiger partial charge in [-0.25, -0.2) is 0 Å². The molecule has 2 unspecified atom stereocenters.